The molecule has 0 saturated heterocycles. The molecule has 1 unspecified atom stereocenters. The van der Waals surface area contributed by atoms with Crippen molar-refractivity contribution in [2.45, 2.75) is 51.7 Å². The quantitative estimate of drug-likeness (QED) is 0.185. The van der Waals surface area contributed by atoms with Crippen molar-refractivity contribution < 1.29 is 14.3 Å². The third-order valence-corrected chi connectivity index (χ3v) is 8.40. The second kappa shape index (κ2) is 13.2. The first-order valence-electron chi connectivity index (χ1n) is 14.2. The monoisotopic (exact) mass is 583 g/mol. The molecule has 1 amide bonds. The van der Waals surface area contributed by atoms with E-state index >= 15 is 0 Å². The van der Waals surface area contributed by atoms with Gasteiger partial charge in [-0.1, -0.05) is 67.2 Å². The molecule has 0 aliphatic carbocycles. The molecule has 0 radical (unpaired) electrons. The van der Waals surface area contributed by atoms with Gasteiger partial charge in [0.25, 0.3) is 5.91 Å². The predicted molar refractivity (Wildman–Crippen MR) is 169 cm³/mol. The summed E-state index contributed by atoms with van der Waals surface area (Å²) in [5.41, 5.74) is 6.24. The van der Waals surface area contributed by atoms with Gasteiger partial charge in [-0.3, -0.25) is 4.79 Å². The summed E-state index contributed by atoms with van der Waals surface area (Å²) >= 11 is 1.60. The van der Waals surface area contributed by atoms with E-state index in [1.165, 1.54) is 5.56 Å². The molecule has 1 aliphatic rings. The van der Waals surface area contributed by atoms with Gasteiger partial charge in [-0.25, -0.2) is 4.68 Å². The number of methoxy groups -OCH3 is 1. The van der Waals surface area contributed by atoms with Crippen molar-refractivity contribution in [1.29, 1.82) is 0 Å². The summed E-state index contributed by atoms with van der Waals surface area (Å²) in [6.07, 6.45) is 1.79. The maximum atomic E-state index is 14.0. The van der Waals surface area contributed by atoms with Crippen molar-refractivity contribution in [2.75, 3.05) is 30.1 Å². The third kappa shape index (κ3) is 6.31. The van der Waals surface area contributed by atoms with Crippen LogP contribution in [0, 0.1) is 13.8 Å². The third-order valence-electron chi connectivity index (χ3n) is 7.36. The van der Waals surface area contributed by atoms with E-state index in [1.54, 1.807) is 23.6 Å². The Bertz CT molecular complexity index is 1600. The Morgan fingerprint density at radius 3 is 2.62 bits per heavy atom. The van der Waals surface area contributed by atoms with Crippen LogP contribution in [0.3, 0.4) is 0 Å². The number of hydrogen-bond donors (Lipinski definition) is 2. The first-order valence-corrected chi connectivity index (χ1v) is 15.2. The van der Waals surface area contributed by atoms with Gasteiger partial charge in [-0.15, -0.1) is 5.10 Å². The van der Waals surface area contributed by atoms with Gasteiger partial charge in [-0.2, -0.15) is 4.98 Å². The lowest BCUT2D eigenvalue weighted by molar-refractivity contribution is -0.113. The van der Waals surface area contributed by atoms with E-state index in [-0.39, 0.29) is 5.91 Å². The Morgan fingerprint density at radius 2 is 1.86 bits per heavy atom. The van der Waals surface area contributed by atoms with E-state index in [9.17, 15) is 4.79 Å². The van der Waals surface area contributed by atoms with E-state index in [1.807, 2.05) is 75.4 Å². The second-order valence-electron chi connectivity index (χ2n) is 10.3. The number of thioether (sulfide) groups is 1. The van der Waals surface area contributed by atoms with Crippen LogP contribution in [-0.2, 0) is 11.2 Å². The first kappa shape index (κ1) is 29.3. The molecule has 2 N–H and O–H groups in total. The fraction of sp³-hybridized carbons (Fsp3) is 0.303. The number of rotatable bonds is 11. The highest BCUT2D eigenvalue weighted by Crippen LogP contribution is 2.40. The van der Waals surface area contributed by atoms with Gasteiger partial charge in [0.15, 0.2) is 11.5 Å². The highest BCUT2D eigenvalue weighted by Gasteiger charge is 2.35. The number of nitrogens with one attached hydrogen (secondary N) is 2. The average molecular weight is 584 g/mol. The van der Waals surface area contributed by atoms with Crippen LogP contribution in [0.15, 0.2) is 83.2 Å². The smallest absolute Gasteiger partial charge is 0.255 e. The molecule has 1 atom stereocenters. The largest absolute Gasteiger partial charge is 0.493 e. The van der Waals surface area contributed by atoms with Gasteiger partial charge < -0.3 is 20.1 Å². The van der Waals surface area contributed by atoms with Crippen LogP contribution in [0.4, 0.5) is 11.6 Å². The predicted octanol–water partition coefficient (Wildman–Crippen LogP) is 6.95. The van der Waals surface area contributed by atoms with Gasteiger partial charge in [0, 0.05) is 23.6 Å². The Hall–Kier alpha value is -4.24. The zero-order valence-corrected chi connectivity index (χ0v) is 25.5. The molecule has 0 fully saturated rings. The molecule has 42 heavy (non-hydrogen) atoms. The van der Waals surface area contributed by atoms with Crippen molar-refractivity contribution in [2.24, 2.45) is 0 Å². The minimum Gasteiger partial charge on any atom is -0.493 e. The first-order chi connectivity index (χ1) is 20.4. The number of allylic oxidation sites excluding steroid dienone is 1. The number of benzene rings is 3. The van der Waals surface area contributed by atoms with E-state index in [2.05, 4.69) is 29.7 Å². The zero-order chi connectivity index (χ0) is 29.6. The molecular weight excluding hydrogens is 546 g/mol. The van der Waals surface area contributed by atoms with E-state index in [0.29, 0.717) is 34.8 Å². The lowest BCUT2D eigenvalue weighted by Gasteiger charge is -2.29. The van der Waals surface area contributed by atoms with Crippen LogP contribution in [0.25, 0.3) is 0 Å². The summed E-state index contributed by atoms with van der Waals surface area (Å²) in [7, 11) is 1.63. The number of ether oxygens (including phenoxy) is 2. The topological polar surface area (TPSA) is 90.3 Å². The number of hydrogen-bond acceptors (Lipinski definition) is 7. The van der Waals surface area contributed by atoms with Crippen molar-refractivity contribution >= 4 is 29.3 Å². The number of aromatic nitrogens is 3. The Balaban J connectivity index is 1.49. The van der Waals surface area contributed by atoms with Crippen LogP contribution in [0.5, 0.6) is 11.5 Å². The molecule has 0 bridgehead atoms. The number of carbonyl (C=O) groups excluding carboxylic acids is 1. The standard InChI is InChI=1S/C33H37N5O3S/c1-6-19-42-33-36-32-34-23(4)29(31(39)35-26-14-10-11-21(2)22(26)3)30(38(32)37-33)25-15-16-27(28(20-25)40-5)41-18-17-24-12-8-7-9-13-24/h7-16,20,30H,6,17-19H2,1-5H3,(H,35,39)(H,34,36,37). The Kier molecular flexibility index (Phi) is 9.17. The minimum absolute atomic E-state index is 0.204. The van der Waals surface area contributed by atoms with Crippen molar-refractivity contribution in [3.8, 4) is 11.5 Å². The molecular formula is C33H37N5O3S. The average Bonchev–Trinajstić information content (AvgIpc) is 3.40. The maximum absolute atomic E-state index is 14.0. The van der Waals surface area contributed by atoms with E-state index < -0.39 is 6.04 Å². The van der Waals surface area contributed by atoms with Crippen molar-refractivity contribution in [1.82, 2.24) is 14.8 Å². The highest BCUT2D eigenvalue weighted by molar-refractivity contribution is 7.99. The lowest BCUT2D eigenvalue weighted by atomic mass is 9.94. The number of nitrogens with zero attached hydrogens (tertiary/aromatic N) is 3. The van der Waals surface area contributed by atoms with Crippen LogP contribution in [0.1, 0.15) is 48.6 Å². The van der Waals surface area contributed by atoms with Crippen LogP contribution >= 0.6 is 11.8 Å². The lowest BCUT2D eigenvalue weighted by Crippen LogP contribution is -2.31. The number of anilines is 2. The van der Waals surface area contributed by atoms with Gasteiger partial charge in [0.2, 0.25) is 11.1 Å². The SMILES string of the molecule is CCCSc1nc2n(n1)C(c1ccc(OCCc3ccccc3)c(OC)c1)C(C(=O)Nc1cccc(C)c1C)=C(C)N2. The van der Waals surface area contributed by atoms with Crippen LogP contribution in [0.2, 0.25) is 0 Å². The zero-order valence-electron chi connectivity index (χ0n) is 24.7. The normalized spacial score (nSPS) is 14.3. The van der Waals surface area contributed by atoms with Crippen LogP contribution in [-0.4, -0.2) is 40.1 Å². The summed E-state index contributed by atoms with van der Waals surface area (Å²) in [4.78, 5) is 18.7. The molecule has 2 heterocycles. The molecule has 4 aromatic rings. The van der Waals surface area contributed by atoms with Crippen molar-refractivity contribution in [3.05, 3.63) is 100 Å². The molecule has 1 aliphatic heterocycles. The van der Waals surface area contributed by atoms with Crippen molar-refractivity contribution in [3.63, 3.8) is 0 Å². The molecule has 9 heteroatoms. The molecule has 5 rings (SSSR count). The van der Waals surface area contributed by atoms with Gasteiger partial charge in [0.1, 0.15) is 6.04 Å². The maximum Gasteiger partial charge on any atom is 0.255 e. The van der Waals surface area contributed by atoms with E-state index in [4.69, 9.17) is 19.6 Å². The minimum atomic E-state index is -0.526. The fourth-order valence-electron chi connectivity index (χ4n) is 4.96. The van der Waals surface area contributed by atoms with Gasteiger partial charge in [-0.05, 0) is 67.6 Å². The molecule has 0 spiro atoms. The van der Waals surface area contributed by atoms with Crippen LogP contribution < -0.4 is 20.1 Å². The van der Waals surface area contributed by atoms with Gasteiger partial charge >= 0.3 is 0 Å². The number of amides is 1. The summed E-state index contributed by atoms with van der Waals surface area (Å²) in [5.74, 6) is 2.54. The number of aryl methyl sites for hydroxylation is 1. The number of carbonyl (C=O) groups is 1. The molecule has 1 aromatic heterocycles. The number of fused-ring (bicyclic) bond motifs is 1. The molecule has 218 valence electrons. The summed E-state index contributed by atoms with van der Waals surface area (Å²) in [6.45, 7) is 8.59. The fourth-order valence-corrected chi connectivity index (χ4v) is 5.64. The summed E-state index contributed by atoms with van der Waals surface area (Å²) in [5, 5.41) is 12.0. The Labute approximate surface area is 251 Å². The second-order valence-corrected chi connectivity index (χ2v) is 11.3. The molecule has 3 aromatic carbocycles. The molecule has 8 nitrogen and oxygen atoms in total. The highest BCUT2D eigenvalue weighted by atomic mass is 32.2. The van der Waals surface area contributed by atoms with Gasteiger partial charge in [0.05, 0.1) is 19.3 Å². The summed E-state index contributed by atoms with van der Waals surface area (Å²) in [6, 6.07) is 21.4. The summed E-state index contributed by atoms with van der Waals surface area (Å²) < 4.78 is 13.7. The Morgan fingerprint density at radius 1 is 1.05 bits per heavy atom. The van der Waals surface area contributed by atoms with E-state index in [0.717, 1.165) is 46.7 Å². The molecule has 0 saturated carbocycles.